The fourth-order valence-corrected chi connectivity index (χ4v) is 1.79. The van der Waals surface area contributed by atoms with E-state index in [1.54, 1.807) is 5.57 Å². The van der Waals surface area contributed by atoms with Crippen LogP contribution in [0, 0.1) is 5.41 Å². The van der Waals surface area contributed by atoms with E-state index in [4.69, 9.17) is 0 Å². The van der Waals surface area contributed by atoms with Crippen LogP contribution >= 0.6 is 0 Å². The van der Waals surface area contributed by atoms with Gasteiger partial charge in [0.2, 0.25) is 0 Å². The van der Waals surface area contributed by atoms with Crippen molar-refractivity contribution in [3.05, 3.63) is 22.8 Å². The fraction of sp³-hybridized carbons (Fsp3) is 0.636. The molecule has 1 rings (SSSR count). The van der Waals surface area contributed by atoms with Crippen molar-refractivity contribution in [2.24, 2.45) is 5.41 Å². The quantitative estimate of drug-likeness (QED) is 0.534. The van der Waals surface area contributed by atoms with E-state index in [9.17, 15) is 0 Å². The molecular formula is C11H18. The molecule has 0 amide bonds. The summed E-state index contributed by atoms with van der Waals surface area (Å²) < 4.78 is 0. The van der Waals surface area contributed by atoms with Crippen molar-refractivity contribution in [1.29, 1.82) is 0 Å². The third-order valence-corrected chi connectivity index (χ3v) is 3.28. The summed E-state index contributed by atoms with van der Waals surface area (Å²) in [6.07, 6.45) is 3.62. The zero-order valence-electron chi connectivity index (χ0n) is 8.28. The van der Waals surface area contributed by atoms with Gasteiger partial charge in [0.15, 0.2) is 0 Å². The summed E-state index contributed by atoms with van der Waals surface area (Å²) in [5, 5.41) is 0. The maximum absolute atomic E-state index is 2.40. The highest BCUT2D eigenvalue weighted by molar-refractivity contribution is 5.44. The minimum atomic E-state index is 0.355. The topological polar surface area (TPSA) is 0 Å². The second-order valence-electron chi connectivity index (χ2n) is 3.85. The molecule has 0 saturated carbocycles. The molecule has 0 aliphatic heterocycles. The predicted octanol–water partition coefficient (Wildman–Crippen LogP) is 3.70. The van der Waals surface area contributed by atoms with Crippen LogP contribution in [0.3, 0.4) is 0 Å². The maximum atomic E-state index is 2.40. The van der Waals surface area contributed by atoms with Crippen LogP contribution in [-0.4, -0.2) is 0 Å². The molecule has 0 bridgehead atoms. The largest absolute Gasteiger partial charge is 0.0713 e. The summed E-state index contributed by atoms with van der Waals surface area (Å²) in [6, 6.07) is 0. The van der Waals surface area contributed by atoms with E-state index >= 15 is 0 Å². The van der Waals surface area contributed by atoms with E-state index in [0.29, 0.717) is 5.41 Å². The first-order chi connectivity index (χ1) is 5.01. The van der Waals surface area contributed by atoms with Crippen LogP contribution in [0.1, 0.15) is 41.0 Å². The Morgan fingerprint density at radius 1 is 1.27 bits per heavy atom. The molecule has 1 aliphatic carbocycles. The average Bonchev–Trinajstić information content (AvgIpc) is 2.17. The zero-order valence-corrected chi connectivity index (χ0v) is 8.28. The number of hydrogen-bond donors (Lipinski definition) is 0. The molecular weight excluding hydrogens is 132 g/mol. The molecule has 0 saturated heterocycles. The third kappa shape index (κ3) is 1.15. The van der Waals surface area contributed by atoms with Crippen molar-refractivity contribution in [2.45, 2.75) is 41.0 Å². The smallest absolute Gasteiger partial charge is 0.00687 e. The summed E-state index contributed by atoms with van der Waals surface area (Å²) in [5.74, 6) is 0. The zero-order chi connectivity index (χ0) is 8.65. The molecule has 0 N–H and O–H groups in total. The van der Waals surface area contributed by atoms with Crippen LogP contribution in [0.2, 0.25) is 0 Å². The highest BCUT2D eigenvalue weighted by Gasteiger charge is 2.28. The average molecular weight is 150 g/mol. The van der Waals surface area contributed by atoms with Gasteiger partial charge in [0.05, 0.1) is 0 Å². The van der Waals surface area contributed by atoms with E-state index < -0.39 is 0 Å². The Labute approximate surface area is 70.0 Å². The van der Waals surface area contributed by atoms with Crippen molar-refractivity contribution in [1.82, 2.24) is 0 Å². The van der Waals surface area contributed by atoms with Gasteiger partial charge in [-0.05, 0) is 32.8 Å². The minimum Gasteiger partial charge on any atom is -0.0713 e. The lowest BCUT2D eigenvalue weighted by molar-refractivity contribution is 0.500. The Morgan fingerprint density at radius 3 is 2.00 bits per heavy atom. The fourth-order valence-electron chi connectivity index (χ4n) is 1.79. The Balaban J connectivity index is 3.09. The Hall–Kier alpha value is -0.520. The van der Waals surface area contributed by atoms with E-state index in [1.807, 2.05) is 0 Å². The monoisotopic (exact) mass is 150 g/mol. The maximum Gasteiger partial charge on any atom is 0.00687 e. The highest BCUT2D eigenvalue weighted by Crippen LogP contribution is 2.42. The first-order valence-electron chi connectivity index (χ1n) is 4.39. The molecule has 1 aliphatic rings. The summed E-state index contributed by atoms with van der Waals surface area (Å²) in [5.41, 5.74) is 4.87. The van der Waals surface area contributed by atoms with Gasteiger partial charge in [0.25, 0.3) is 0 Å². The van der Waals surface area contributed by atoms with E-state index in [0.717, 1.165) is 0 Å². The summed E-state index contributed by atoms with van der Waals surface area (Å²) in [6.45, 7) is 11.3. The molecule has 0 aromatic rings. The molecule has 0 heteroatoms. The SMILES string of the molecule is CCC1(C)C=C(C)C(C)=C1C. The predicted molar refractivity (Wildman–Crippen MR) is 50.5 cm³/mol. The Kier molecular flexibility index (Phi) is 1.96. The van der Waals surface area contributed by atoms with Crippen molar-refractivity contribution < 1.29 is 0 Å². The van der Waals surface area contributed by atoms with Gasteiger partial charge in [0.1, 0.15) is 0 Å². The minimum absolute atomic E-state index is 0.355. The lowest BCUT2D eigenvalue weighted by Gasteiger charge is -2.22. The molecule has 0 aromatic heterocycles. The molecule has 11 heavy (non-hydrogen) atoms. The lowest BCUT2D eigenvalue weighted by atomic mass is 9.82. The van der Waals surface area contributed by atoms with Gasteiger partial charge in [-0.2, -0.15) is 0 Å². The second kappa shape index (κ2) is 2.51. The molecule has 0 radical (unpaired) electrons. The molecule has 62 valence electrons. The van der Waals surface area contributed by atoms with Crippen LogP contribution < -0.4 is 0 Å². The van der Waals surface area contributed by atoms with Gasteiger partial charge in [0, 0.05) is 5.41 Å². The normalized spacial score (nSPS) is 31.2. The molecule has 0 spiro atoms. The highest BCUT2D eigenvalue weighted by atomic mass is 14.3. The molecule has 1 atom stereocenters. The van der Waals surface area contributed by atoms with Gasteiger partial charge < -0.3 is 0 Å². The van der Waals surface area contributed by atoms with E-state index in [-0.39, 0.29) is 0 Å². The van der Waals surface area contributed by atoms with Crippen molar-refractivity contribution >= 4 is 0 Å². The lowest BCUT2D eigenvalue weighted by Crippen LogP contribution is -2.10. The van der Waals surface area contributed by atoms with E-state index in [1.165, 1.54) is 17.6 Å². The molecule has 0 aromatic carbocycles. The van der Waals surface area contributed by atoms with Crippen LogP contribution in [0.15, 0.2) is 22.8 Å². The first-order valence-corrected chi connectivity index (χ1v) is 4.39. The van der Waals surface area contributed by atoms with Crippen LogP contribution in [-0.2, 0) is 0 Å². The Morgan fingerprint density at radius 2 is 1.82 bits per heavy atom. The van der Waals surface area contributed by atoms with Crippen LogP contribution in [0.5, 0.6) is 0 Å². The molecule has 0 fully saturated rings. The first kappa shape index (κ1) is 8.58. The standard InChI is InChI=1S/C11H18/c1-6-11(5)7-8(2)9(3)10(11)4/h7H,6H2,1-5H3. The number of allylic oxidation sites excluding steroid dienone is 4. The van der Waals surface area contributed by atoms with Crippen LogP contribution in [0.25, 0.3) is 0 Å². The van der Waals surface area contributed by atoms with Crippen molar-refractivity contribution in [3.8, 4) is 0 Å². The Bertz CT molecular complexity index is 230. The van der Waals surface area contributed by atoms with E-state index in [2.05, 4.69) is 40.7 Å². The van der Waals surface area contributed by atoms with Crippen LogP contribution in [0.4, 0.5) is 0 Å². The van der Waals surface area contributed by atoms with Gasteiger partial charge in [-0.25, -0.2) is 0 Å². The summed E-state index contributed by atoms with van der Waals surface area (Å²) >= 11 is 0. The number of hydrogen-bond acceptors (Lipinski definition) is 0. The van der Waals surface area contributed by atoms with Gasteiger partial charge in [-0.15, -0.1) is 0 Å². The molecule has 0 heterocycles. The van der Waals surface area contributed by atoms with Crippen molar-refractivity contribution in [2.75, 3.05) is 0 Å². The second-order valence-corrected chi connectivity index (χ2v) is 3.85. The third-order valence-electron chi connectivity index (χ3n) is 3.28. The molecule has 1 unspecified atom stereocenters. The summed E-state index contributed by atoms with van der Waals surface area (Å²) in [7, 11) is 0. The number of rotatable bonds is 1. The van der Waals surface area contributed by atoms with Gasteiger partial charge >= 0.3 is 0 Å². The van der Waals surface area contributed by atoms with Gasteiger partial charge in [-0.3, -0.25) is 0 Å². The van der Waals surface area contributed by atoms with Gasteiger partial charge in [-0.1, -0.05) is 31.1 Å². The molecule has 0 nitrogen and oxygen atoms in total. The summed E-state index contributed by atoms with van der Waals surface area (Å²) in [4.78, 5) is 0. The van der Waals surface area contributed by atoms with Crippen molar-refractivity contribution in [3.63, 3.8) is 0 Å².